The molecule has 4 rings (SSSR count). The summed E-state index contributed by atoms with van der Waals surface area (Å²) in [7, 11) is 0. The first-order valence-corrected chi connectivity index (χ1v) is 10.8. The normalized spacial score (nSPS) is 25.1. The average Bonchev–Trinajstić information content (AvgIpc) is 3.05. The first-order chi connectivity index (χ1) is 13.7. The Kier molecular flexibility index (Phi) is 5.97. The van der Waals surface area contributed by atoms with Gasteiger partial charge in [-0.2, -0.15) is 5.10 Å². The molecular weight excluding hydrogens is 352 g/mol. The first kappa shape index (κ1) is 19.4. The van der Waals surface area contributed by atoms with Gasteiger partial charge in [0, 0.05) is 30.1 Å². The van der Waals surface area contributed by atoms with Gasteiger partial charge in [-0.3, -0.25) is 14.4 Å². The van der Waals surface area contributed by atoms with Crippen LogP contribution in [0.2, 0.25) is 0 Å². The van der Waals surface area contributed by atoms with Gasteiger partial charge in [0.15, 0.2) is 5.69 Å². The van der Waals surface area contributed by atoms with Crippen molar-refractivity contribution in [2.45, 2.75) is 70.6 Å². The number of hydrogen-bond donors (Lipinski definition) is 1. The second kappa shape index (κ2) is 8.62. The summed E-state index contributed by atoms with van der Waals surface area (Å²) in [6, 6.07) is 9.05. The molecule has 1 N–H and O–H groups in total. The summed E-state index contributed by atoms with van der Waals surface area (Å²) in [6.07, 6.45) is 5.35. The van der Waals surface area contributed by atoms with Gasteiger partial charge >= 0.3 is 0 Å². The highest BCUT2D eigenvalue weighted by Gasteiger charge is 2.39. The van der Waals surface area contributed by atoms with Crippen LogP contribution in [0.25, 0.3) is 10.9 Å². The van der Waals surface area contributed by atoms with Crippen molar-refractivity contribution in [2.24, 2.45) is 0 Å². The maximum absolute atomic E-state index is 13.1. The Morgan fingerprint density at radius 1 is 1.14 bits per heavy atom. The van der Waals surface area contributed by atoms with Crippen molar-refractivity contribution in [2.75, 3.05) is 19.8 Å². The number of hydrogen-bond acceptors (Lipinski definition) is 4. The number of carbonyl (C=O) groups excluding carboxylic acids is 1. The number of morpholine rings is 1. The van der Waals surface area contributed by atoms with Gasteiger partial charge in [0.2, 0.25) is 0 Å². The van der Waals surface area contributed by atoms with Crippen LogP contribution in [-0.2, 0) is 11.3 Å². The molecule has 28 heavy (non-hydrogen) atoms. The van der Waals surface area contributed by atoms with Crippen molar-refractivity contribution in [3.05, 3.63) is 30.0 Å². The van der Waals surface area contributed by atoms with Crippen LogP contribution < -0.4 is 5.32 Å². The number of rotatable bonds is 7. The summed E-state index contributed by atoms with van der Waals surface area (Å²) in [5, 5.41) is 8.87. The molecule has 152 valence electrons. The number of piperidine rings is 1. The smallest absolute Gasteiger partial charge is 0.272 e. The minimum Gasteiger partial charge on any atom is -0.378 e. The Morgan fingerprint density at radius 3 is 2.61 bits per heavy atom. The molecule has 3 atom stereocenters. The fourth-order valence-electron chi connectivity index (χ4n) is 4.74. The topological polar surface area (TPSA) is 59.4 Å². The molecule has 2 aliphatic heterocycles. The molecule has 1 aromatic carbocycles. The van der Waals surface area contributed by atoms with E-state index in [4.69, 9.17) is 4.74 Å². The molecule has 2 fully saturated rings. The standard InChI is InChI=1S/C22H32N4O2/c1-3-5-11-25-17-12-16(13-18(25)15-28-14-17)23-22(27)21-19-8-6-7-9-20(19)26(24-21)10-4-2/h6-9,16-18H,3-5,10-15H2,1-2H3,(H,23,27)/t16-,17-,18+. The highest BCUT2D eigenvalue weighted by atomic mass is 16.5. The SMILES string of the molecule is CCCCN1[C@@H]2COC[C@H]1C[C@@H](NC(=O)c1nn(CCC)c3ccccc13)C2. The molecule has 2 aliphatic rings. The lowest BCUT2D eigenvalue weighted by atomic mass is 9.89. The molecule has 6 nitrogen and oxygen atoms in total. The van der Waals surface area contributed by atoms with E-state index in [0.717, 1.165) is 56.5 Å². The number of unbranched alkanes of at least 4 members (excludes halogenated alkanes) is 1. The fraction of sp³-hybridized carbons (Fsp3) is 0.636. The van der Waals surface area contributed by atoms with E-state index in [9.17, 15) is 4.79 Å². The second-order valence-corrected chi connectivity index (χ2v) is 8.17. The number of benzene rings is 1. The number of aromatic nitrogens is 2. The molecule has 0 aliphatic carbocycles. The maximum Gasteiger partial charge on any atom is 0.272 e. The van der Waals surface area contributed by atoms with E-state index in [1.54, 1.807) is 0 Å². The van der Waals surface area contributed by atoms with Crippen molar-refractivity contribution >= 4 is 16.8 Å². The highest BCUT2D eigenvalue weighted by Crippen LogP contribution is 2.28. The summed E-state index contributed by atoms with van der Waals surface area (Å²) in [5.74, 6) is -0.0444. The first-order valence-electron chi connectivity index (χ1n) is 10.8. The number of carbonyl (C=O) groups is 1. The number of fused-ring (bicyclic) bond motifs is 3. The molecule has 0 saturated carbocycles. The lowest BCUT2D eigenvalue weighted by Gasteiger charge is -2.48. The monoisotopic (exact) mass is 384 g/mol. The van der Waals surface area contributed by atoms with E-state index < -0.39 is 0 Å². The molecule has 3 heterocycles. The highest BCUT2D eigenvalue weighted by molar-refractivity contribution is 6.05. The van der Waals surface area contributed by atoms with Gasteiger partial charge in [-0.1, -0.05) is 38.5 Å². The third-order valence-corrected chi connectivity index (χ3v) is 6.09. The van der Waals surface area contributed by atoms with Crippen molar-refractivity contribution < 1.29 is 9.53 Å². The van der Waals surface area contributed by atoms with E-state index >= 15 is 0 Å². The van der Waals surface area contributed by atoms with Gasteiger partial charge in [-0.15, -0.1) is 0 Å². The van der Waals surface area contributed by atoms with Gasteiger partial charge in [0.25, 0.3) is 5.91 Å². The van der Waals surface area contributed by atoms with Crippen LogP contribution in [0.1, 0.15) is 56.4 Å². The molecule has 1 aromatic heterocycles. The zero-order valence-electron chi connectivity index (χ0n) is 17.1. The summed E-state index contributed by atoms with van der Waals surface area (Å²) in [4.78, 5) is 15.7. The zero-order valence-corrected chi connectivity index (χ0v) is 17.1. The summed E-state index contributed by atoms with van der Waals surface area (Å²) in [5.41, 5.74) is 1.59. The Labute approximate surface area is 167 Å². The van der Waals surface area contributed by atoms with Crippen molar-refractivity contribution in [3.63, 3.8) is 0 Å². The van der Waals surface area contributed by atoms with Crippen molar-refractivity contribution in [1.82, 2.24) is 20.0 Å². The minimum absolute atomic E-state index is 0.0444. The van der Waals surface area contributed by atoms with Crippen LogP contribution in [-0.4, -0.2) is 58.5 Å². The molecule has 2 aromatic rings. The van der Waals surface area contributed by atoms with Crippen LogP contribution in [0.5, 0.6) is 0 Å². The van der Waals surface area contributed by atoms with Crippen molar-refractivity contribution in [3.8, 4) is 0 Å². The molecule has 1 amide bonds. The number of ether oxygens (including phenoxy) is 1. The summed E-state index contributed by atoms with van der Waals surface area (Å²) < 4.78 is 7.76. The minimum atomic E-state index is -0.0444. The van der Waals surface area contributed by atoms with Gasteiger partial charge in [0.05, 0.1) is 18.7 Å². The molecule has 0 spiro atoms. The molecule has 0 unspecified atom stereocenters. The third kappa shape index (κ3) is 3.80. The number of nitrogens with one attached hydrogen (secondary N) is 1. The van der Waals surface area contributed by atoms with Gasteiger partial charge in [-0.25, -0.2) is 0 Å². The Hall–Kier alpha value is -1.92. The predicted octanol–water partition coefficient (Wildman–Crippen LogP) is 3.21. The largest absolute Gasteiger partial charge is 0.378 e. The lowest BCUT2D eigenvalue weighted by molar-refractivity contribution is -0.0802. The predicted molar refractivity (Wildman–Crippen MR) is 111 cm³/mol. The Balaban J connectivity index is 1.48. The van der Waals surface area contributed by atoms with Crippen LogP contribution in [0.4, 0.5) is 0 Å². The average molecular weight is 385 g/mol. The zero-order chi connectivity index (χ0) is 19.5. The quantitative estimate of drug-likeness (QED) is 0.796. The maximum atomic E-state index is 13.1. The summed E-state index contributed by atoms with van der Waals surface area (Å²) >= 11 is 0. The van der Waals surface area contributed by atoms with E-state index in [1.807, 2.05) is 28.9 Å². The molecular formula is C22H32N4O2. The summed E-state index contributed by atoms with van der Waals surface area (Å²) in [6.45, 7) is 7.89. The lowest BCUT2D eigenvalue weighted by Crippen LogP contribution is -2.60. The van der Waals surface area contributed by atoms with Crippen molar-refractivity contribution in [1.29, 1.82) is 0 Å². The number of nitrogens with zero attached hydrogens (tertiary/aromatic N) is 3. The molecule has 6 heteroatoms. The van der Waals surface area contributed by atoms with Gasteiger partial charge in [-0.05, 0) is 38.3 Å². The van der Waals surface area contributed by atoms with E-state index in [2.05, 4.69) is 29.2 Å². The van der Waals surface area contributed by atoms with Crippen LogP contribution in [0.15, 0.2) is 24.3 Å². The van der Waals surface area contributed by atoms with Crippen LogP contribution >= 0.6 is 0 Å². The molecule has 0 radical (unpaired) electrons. The fourth-order valence-corrected chi connectivity index (χ4v) is 4.74. The van der Waals surface area contributed by atoms with E-state index in [1.165, 1.54) is 12.8 Å². The number of aryl methyl sites for hydroxylation is 1. The second-order valence-electron chi connectivity index (χ2n) is 8.17. The Bertz CT molecular complexity index is 804. The van der Waals surface area contributed by atoms with Gasteiger partial charge < -0.3 is 10.1 Å². The number of amides is 1. The van der Waals surface area contributed by atoms with E-state index in [0.29, 0.717) is 17.8 Å². The molecule has 2 saturated heterocycles. The van der Waals surface area contributed by atoms with E-state index in [-0.39, 0.29) is 11.9 Å². The van der Waals surface area contributed by atoms with Crippen LogP contribution in [0, 0.1) is 0 Å². The molecule has 2 bridgehead atoms. The van der Waals surface area contributed by atoms with Gasteiger partial charge in [0.1, 0.15) is 0 Å². The Morgan fingerprint density at radius 2 is 1.89 bits per heavy atom. The third-order valence-electron chi connectivity index (χ3n) is 6.09. The van der Waals surface area contributed by atoms with Crippen LogP contribution in [0.3, 0.4) is 0 Å². The number of para-hydroxylation sites is 1.